The summed E-state index contributed by atoms with van der Waals surface area (Å²) in [5, 5.41) is 3.53. The molecule has 1 aliphatic rings. The molecule has 1 atom stereocenters. The molecular weight excluding hydrogens is 363 g/mol. The van der Waals surface area contributed by atoms with Gasteiger partial charge in [0.1, 0.15) is 5.82 Å². The van der Waals surface area contributed by atoms with E-state index in [1.165, 1.54) is 17.7 Å². The summed E-state index contributed by atoms with van der Waals surface area (Å²) >= 11 is 6.05. The van der Waals surface area contributed by atoms with Crippen molar-refractivity contribution in [1.29, 1.82) is 0 Å². The molecule has 5 heteroatoms. The normalized spacial score (nSPS) is 15.9. The number of urea groups is 1. The predicted octanol–water partition coefficient (Wildman–Crippen LogP) is 5.66. The van der Waals surface area contributed by atoms with Crippen molar-refractivity contribution in [2.45, 2.75) is 12.5 Å². The van der Waals surface area contributed by atoms with Crippen LogP contribution in [0.4, 0.5) is 14.9 Å². The number of anilines is 1. The fraction of sp³-hybridized carbons (Fsp3) is 0.136. The SMILES string of the molecule is O=C(Nc1ccc(F)cc1)N1CCc2ccccc2[C@H]1c1ccc(Cl)cc1. The van der Waals surface area contributed by atoms with Gasteiger partial charge in [0, 0.05) is 17.3 Å². The van der Waals surface area contributed by atoms with Gasteiger partial charge in [-0.3, -0.25) is 0 Å². The van der Waals surface area contributed by atoms with Crippen LogP contribution in [0.2, 0.25) is 5.02 Å². The standard InChI is InChI=1S/C22H18ClFN2O/c23-17-7-5-16(6-8-17)21-20-4-2-1-3-15(20)13-14-26(21)22(27)25-19-11-9-18(24)10-12-19/h1-12,21H,13-14H2,(H,25,27)/t21-/m1/s1. The molecule has 0 spiro atoms. The summed E-state index contributed by atoms with van der Waals surface area (Å²) in [6.45, 7) is 0.595. The summed E-state index contributed by atoms with van der Waals surface area (Å²) in [7, 11) is 0. The average Bonchev–Trinajstić information content (AvgIpc) is 2.69. The maximum atomic E-state index is 13.1. The second-order valence-electron chi connectivity index (χ2n) is 6.53. The minimum atomic E-state index is -0.334. The number of carbonyl (C=O) groups is 1. The van der Waals surface area contributed by atoms with E-state index in [2.05, 4.69) is 17.4 Å². The van der Waals surface area contributed by atoms with Crippen molar-refractivity contribution in [3.05, 3.63) is 100 Å². The summed E-state index contributed by atoms with van der Waals surface area (Å²) in [4.78, 5) is 14.8. The lowest BCUT2D eigenvalue weighted by atomic mass is 9.88. The lowest BCUT2D eigenvalue weighted by Crippen LogP contribution is -2.43. The van der Waals surface area contributed by atoms with E-state index in [4.69, 9.17) is 11.6 Å². The highest BCUT2D eigenvalue weighted by atomic mass is 35.5. The van der Waals surface area contributed by atoms with Crippen LogP contribution in [0.15, 0.2) is 72.8 Å². The number of fused-ring (bicyclic) bond motifs is 1. The zero-order valence-electron chi connectivity index (χ0n) is 14.5. The molecule has 0 radical (unpaired) electrons. The van der Waals surface area contributed by atoms with Crippen molar-refractivity contribution in [3.8, 4) is 0 Å². The summed E-state index contributed by atoms with van der Waals surface area (Å²) in [6, 6.07) is 21.1. The van der Waals surface area contributed by atoms with Gasteiger partial charge in [0.25, 0.3) is 0 Å². The molecule has 136 valence electrons. The van der Waals surface area contributed by atoms with Crippen LogP contribution in [0.5, 0.6) is 0 Å². The maximum Gasteiger partial charge on any atom is 0.322 e. The molecule has 1 aliphatic heterocycles. The van der Waals surface area contributed by atoms with Crippen LogP contribution in [0.25, 0.3) is 0 Å². The van der Waals surface area contributed by atoms with E-state index in [1.54, 1.807) is 12.1 Å². The first kappa shape index (κ1) is 17.6. The first-order valence-electron chi connectivity index (χ1n) is 8.78. The van der Waals surface area contributed by atoms with Crippen molar-refractivity contribution in [2.24, 2.45) is 0 Å². The van der Waals surface area contributed by atoms with E-state index in [0.29, 0.717) is 17.3 Å². The smallest absolute Gasteiger partial charge is 0.313 e. The van der Waals surface area contributed by atoms with Gasteiger partial charge < -0.3 is 10.2 Å². The van der Waals surface area contributed by atoms with Crippen molar-refractivity contribution >= 4 is 23.3 Å². The zero-order chi connectivity index (χ0) is 18.8. The van der Waals surface area contributed by atoms with Gasteiger partial charge in [0.15, 0.2) is 0 Å². The van der Waals surface area contributed by atoms with Crippen molar-refractivity contribution in [2.75, 3.05) is 11.9 Å². The second kappa shape index (κ2) is 7.41. The third-order valence-corrected chi connectivity index (χ3v) is 5.08. The molecule has 0 aromatic heterocycles. The molecule has 3 aromatic carbocycles. The van der Waals surface area contributed by atoms with Crippen molar-refractivity contribution < 1.29 is 9.18 Å². The molecule has 3 nitrogen and oxygen atoms in total. The Morgan fingerprint density at radius 1 is 1.00 bits per heavy atom. The van der Waals surface area contributed by atoms with Crippen LogP contribution >= 0.6 is 11.6 Å². The van der Waals surface area contributed by atoms with Crippen molar-refractivity contribution in [3.63, 3.8) is 0 Å². The molecule has 0 saturated heterocycles. The molecule has 4 rings (SSSR count). The summed E-state index contributed by atoms with van der Waals surface area (Å²) in [6.07, 6.45) is 0.789. The van der Waals surface area contributed by atoms with Crippen LogP contribution < -0.4 is 5.32 Å². The first-order valence-corrected chi connectivity index (χ1v) is 9.16. The van der Waals surface area contributed by atoms with E-state index < -0.39 is 0 Å². The highest BCUT2D eigenvalue weighted by Gasteiger charge is 2.31. The molecule has 1 heterocycles. The molecule has 3 aromatic rings. The summed E-state index contributed by atoms with van der Waals surface area (Å²) in [5.41, 5.74) is 3.92. The van der Waals surface area contributed by atoms with Gasteiger partial charge in [0.05, 0.1) is 6.04 Å². The van der Waals surface area contributed by atoms with E-state index in [1.807, 2.05) is 41.3 Å². The molecule has 0 fully saturated rings. The Balaban J connectivity index is 1.68. The van der Waals surface area contributed by atoms with Gasteiger partial charge in [-0.1, -0.05) is 48.0 Å². The number of nitrogens with one attached hydrogen (secondary N) is 1. The lowest BCUT2D eigenvalue weighted by Gasteiger charge is -2.37. The van der Waals surface area contributed by atoms with E-state index in [-0.39, 0.29) is 17.9 Å². The monoisotopic (exact) mass is 380 g/mol. The van der Waals surface area contributed by atoms with Crippen LogP contribution in [0.3, 0.4) is 0 Å². The third kappa shape index (κ3) is 3.67. The highest BCUT2D eigenvalue weighted by Crippen LogP contribution is 2.35. The summed E-state index contributed by atoms with van der Waals surface area (Å²) in [5.74, 6) is -0.334. The van der Waals surface area contributed by atoms with Gasteiger partial charge in [0.2, 0.25) is 0 Å². The zero-order valence-corrected chi connectivity index (χ0v) is 15.3. The Morgan fingerprint density at radius 2 is 1.70 bits per heavy atom. The van der Waals surface area contributed by atoms with Crippen LogP contribution in [-0.4, -0.2) is 17.5 Å². The van der Waals surface area contributed by atoms with E-state index in [9.17, 15) is 9.18 Å². The molecule has 2 amide bonds. The van der Waals surface area contributed by atoms with Gasteiger partial charge in [-0.15, -0.1) is 0 Å². The first-order chi connectivity index (χ1) is 13.1. The summed E-state index contributed by atoms with van der Waals surface area (Å²) < 4.78 is 13.1. The van der Waals surface area contributed by atoms with Gasteiger partial charge in [-0.05, 0) is 59.5 Å². The molecule has 0 saturated carbocycles. The number of rotatable bonds is 2. The Bertz CT molecular complexity index is 957. The topological polar surface area (TPSA) is 32.3 Å². The molecular formula is C22H18ClFN2O. The Hall–Kier alpha value is -2.85. The largest absolute Gasteiger partial charge is 0.322 e. The minimum Gasteiger partial charge on any atom is -0.313 e. The molecule has 0 bridgehead atoms. The quantitative estimate of drug-likeness (QED) is 0.611. The van der Waals surface area contributed by atoms with Gasteiger partial charge in [-0.25, -0.2) is 9.18 Å². The lowest BCUT2D eigenvalue weighted by molar-refractivity contribution is 0.194. The highest BCUT2D eigenvalue weighted by molar-refractivity contribution is 6.30. The third-order valence-electron chi connectivity index (χ3n) is 4.83. The maximum absolute atomic E-state index is 13.1. The number of hydrogen-bond acceptors (Lipinski definition) is 1. The van der Waals surface area contributed by atoms with E-state index >= 15 is 0 Å². The Labute approximate surface area is 162 Å². The molecule has 0 aliphatic carbocycles. The average molecular weight is 381 g/mol. The number of nitrogens with zero attached hydrogens (tertiary/aromatic N) is 1. The Kier molecular flexibility index (Phi) is 4.82. The second-order valence-corrected chi connectivity index (χ2v) is 6.97. The molecule has 0 unspecified atom stereocenters. The van der Waals surface area contributed by atoms with E-state index in [0.717, 1.165) is 17.5 Å². The van der Waals surface area contributed by atoms with Gasteiger partial charge in [-0.2, -0.15) is 0 Å². The van der Waals surface area contributed by atoms with Gasteiger partial charge >= 0.3 is 6.03 Å². The fourth-order valence-corrected chi connectivity index (χ4v) is 3.64. The van der Waals surface area contributed by atoms with Crippen LogP contribution in [0, 0.1) is 5.82 Å². The molecule has 27 heavy (non-hydrogen) atoms. The number of amides is 2. The van der Waals surface area contributed by atoms with Crippen LogP contribution in [-0.2, 0) is 6.42 Å². The predicted molar refractivity (Wildman–Crippen MR) is 106 cm³/mol. The number of carbonyl (C=O) groups excluding carboxylic acids is 1. The number of hydrogen-bond donors (Lipinski definition) is 1. The fourth-order valence-electron chi connectivity index (χ4n) is 3.52. The molecule has 1 N–H and O–H groups in total. The number of halogens is 2. The number of benzene rings is 3. The minimum absolute atomic E-state index is 0.201. The Morgan fingerprint density at radius 3 is 2.44 bits per heavy atom. The van der Waals surface area contributed by atoms with Crippen molar-refractivity contribution in [1.82, 2.24) is 4.90 Å². The van der Waals surface area contributed by atoms with Crippen LogP contribution in [0.1, 0.15) is 22.7 Å².